The van der Waals surface area contributed by atoms with Crippen molar-refractivity contribution in [2.45, 2.75) is 32.7 Å². The van der Waals surface area contributed by atoms with Crippen molar-refractivity contribution < 1.29 is 9.47 Å². The fourth-order valence-corrected chi connectivity index (χ4v) is 3.40. The minimum atomic E-state index is 0.0424. The number of ether oxygens (including phenoxy) is 2. The molecule has 2 aromatic rings. The molecule has 1 N–H and O–H groups in total. The highest BCUT2D eigenvalue weighted by molar-refractivity contribution is 5.44. The maximum atomic E-state index is 5.64. The molecule has 0 amide bonds. The third kappa shape index (κ3) is 4.16. The van der Waals surface area contributed by atoms with Crippen molar-refractivity contribution in [3.63, 3.8) is 0 Å². The van der Waals surface area contributed by atoms with Gasteiger partial charge in [-0.1, -0.05) is 26.8 Å². The van der Waals surface area contributed by atoms with Crippen LogP contribution in [-0.4, -0.2) is 43.0 Å². The van der Waals surface area contributed by atoms with E-state index in [2.05, 4.69) is 65.5 Å². The Morgan fingerprint density at radius 3 is 2.52 bits per heavy atom. The maximum absolute atomic E-state index is 5.64. The van der Waals surface area contributed by atoms with Crippen LogP contribution in [0.25, 0.3) is 0 Å². The number of nitrogens with one attached hydrogen (secondary N) is 1. The standard InChI is InChI=1S/C21H28N4O2/c1-21(2,3)19-6-7-20(24-23-19)25-13-16(14-25)12-22-11-15-4-5-17-18(10-15)27-9-8-26-17/h4-7,10,16,22H,8-9,11-14H2,1-3H3. The fraction of sp³-hybridized carbons (Fsp3) is 0.524. The molecular weight excluding hydrogens is 340 g/mol. The number of hydrogen-bond donors (Lipinski definition) is 1. The van der Waals surface area contributed by atoms with Gasteiger partial charge < -0.3 is 19.7 Å². The van der Waals surface area contributed by atoms with Crippen molar-refractivity contribution in [3.05, 3.63) is 41.6 Å². The predicted octanol–water partition coefficient (Wildman–Crippen LogP) is 2.77. The molecule has 1 saturated heterocycles. The van der Waals surface area contributed by atoms with Crippen LogP contribution in [-0.2, 0) is 12.0 Å². The largest absolute Gasteiger partial charge is 0.486 e. The Kier molecular flexibility index (Phi) is 4.91. The summed E-state index contributed by atoms with van der Waals surface area (Å²) < 4.78 is 11.2. The fourth-order valence-electron chi connectivity index (χ4n) is 3.40. The smallest absolute Gasteiger partial charge is 0.161 e. The van der Waals surface area contributed by atoms with E-state index in [4.69, 9.17) is 9.47 Å². The van der Waals surface area contributed by atoms with Crippen LogP contribution < -0.4 is 19.7 Å². The van der Waals surface area contributed by atoms with Gasteiger partial charge in [-0.05, 0) is 29.8 Å². The highest BCUT2D eigenvalue weighted by Gasteiger charge is 2.28. The second-order valence-electron chi connectivity index (χ2n) is 8.41. The normalized spacial score (nSPS) is 16.9. The number of nitrogens with zero attached hydrogens (tertiary/aromatic N) is 3. The highest BCUT2D eigenvalue weighted by Crippen LogP contribution is 2.30. The third-order valence-electron chi connectivity index (χ3n) is 5.07. The van der Waals surface area contributed by atoms with E-state index >= 15 is 0 Å². The Labute approximate surface area is 160 Å². The van der Waals surface area contributed by atoms with E-state index in [1.165, 1.54) is 5.56 Å². The van der Waals surface area contributed by atoms with E-state index in [1.807, 2.05) is 6.07 Å². The summed E-state index contributed by atoms with van der Waals surface area (Å²) in [6.45, 7) is 11.6. The minimum Gasteiger partial charge on any atom is -0.486 e. The highest BCUT2D eigenvalue weighted by atomic mass is 16.6. The average molecular weight is 368 g/mol. The van der Waals surface area contributed by atoms with Gasteiger partial charge in [0.15, 0.2) is 17.3 Å². The van der Waals surface area contributed by atoms with Crippen LogP contribution in [0.3, 0.4) is 0 Å². The van der Waals surface area contributed by atoms with Crippen LogP contribution in [0.5, 0.6) is 11.5 Å². The van der Waals surface area contributed by atoms with Crippen LogP contribution >= 0.6 is 0 Å². The molecule has 0 aliphatic carbocycles. The van der Waals surface area contributed by atoms with Crippen molar-refractivity contribution in [3.8, 4) is 11.5 Å². The molecule has 6 nitrogen and oxygen atoms in total. The summed E-state index contributed by atoms with van der Waals surface area (Å²) in [5, 5.41) is 12.3. The van der Waals surface area contributed by atoms with Gasteiger partial charge in [0, 0.05) is 37.5 Å². The Morgan fingerprint density at radius 1 is 1.04 bits per heavy atom. The Morgan fingerprint density at radius 2 is 1.81 bits per heavy atom. The lowest BCUT2D eigenvalue weighted by molar-refractivity contribution is 0.171. The van der Waals surface area contributed by atoms with E-state index in [1.54, 1.807) is 0 Å². The molecular formula is C21H28N4O2. The predicted molar refractivity (Wildman–Crippen MR) is 106 cm³/mol. The first kappa shape index (κ1) is 18.0. The van der Waals surface area contributed by atoms with Crippen molar-refractivity contribution in [2.75, 3.05) is 37.7 Å². The summed E-state index contributed by atoms with van der Waals surface area (Å²) in [5.41, 5.74) is 2.30. The van der Waals surface area contributed by atoms with E-state index in [0.29, 0.717) is 19.1 Å². The zero-order valence-electron chi connectivity index (χ0n) is 16.4. The summed E-state index contributed by atoms with van der Waals surface area (Å²) in [6.07, 6.45) is 0. The average Bonchev–Trinajstić information content (AvgIpc) is 2.63. The van der Waals surface area contributed by atoms with Crippen molar-refractivity contribution in [2.24, 2.45) is 5.92 Å². The SMILES string of the molecule is CC(C)(C)c1ccc(N2CC(CNCc3ccc4c(c3)OCCO4)C2)nn1. The Bertz CT molecular complexity index is 780. The topological polar surface area (TPSA) is 59.5 Å². The minimum absolute atomic E-state index is 0.0424. The number of benzene rings is 1. The van der Waals surface area contributed by atoms with E-state index in [9.17, 15) is 0 Å². The molecule has 3 heterocycles. The zero-order chi connectivity index (χ0) is 18.9. The Balaban J connectivity index is 1.22. The second-order valence-corrected chi connectivity index (χ2v) is 8.41. The molecule has 0 spiro atoms. The van der Waals surface area contributed by atoms with Gasteiger partial charge in [0.1, 0.15) is 13.2 Å². The molecule has 2 aliphatic rings. The number of rotatable bonds is 5. The van der Waals surface area contributed by atoms with Gasteiger partial charge in [-0.3, -0.25) is 0 Å². The molecule has 0 saturated carbocycles. The van der Waals surface area contributed by atoms with Gasteiger partial charge in [-0.2, -0.15) is 5.10 Å². The number of fused-ring (bicyclic) bond motifs is 1. The van der Waals surface area contributed by atoms with Gasteiger partial charge in [0.25, 0.3) is 0 Å². The van der Waals surface area contributed by atoms with Crippen LogP contribution in [0, 0.1) is 5.92 Å². The lowest BCUT2D eigenvalue weighted by Crippen LogP contribution is -2.51. The summed E-state index contributed by atoms with van der Waals surface area (Å²) in [6, 6.07) is 10.3. The summed E-state index contributed by atoms with van der Waals surface area (Å²) >= 11 is 0. The molecule has 27 heavy (non-hydrogen) atoms. The molecule has 144 valence electrons. The van der Waals surface area contributed by atoms with Gasteiger partial charge in [-0.15, -0.1) is 5.10 Å². The third-order valence-corrected chi connectivity index (χ3v) is 5.07. The summed E-state index contributed by atoms with van der Waals surface area (Å²) in [7, 11) is 0. The quantitative estimate of drug-likeness (QED) is 0.876. The van der Waals surface area contributed by atoms with E-state index < -0.39 is 0 Å². The molecule has 4 rings (SSSR count). The first-order valence-corrected chi connectivity index (χ1v) is 9.67. The van der Waals surface area contributed by atoms with Gasteiger partial charge in [0.05, 0.1) is 5.69 Å². The van der Waals surface area contributed by atoms with Crippen molar-refractivity contribution in [1.82, 2.24) is 15.5 Å². The second kappa shape index (κ2) is 7.35. The van der Waals surface area contributed by atoms with E-state index in [0.717, 1.165) is 49.2 Å². The van der Waals surface area contributed by atoms with Crippen LogP contribution in [0.2, 0.25) is 0 Å². The van der Waals surface area contributed by atoms with Crippen LogP contribution in [0.4, 0.5) is 5.82 Å². The van der Waals surface area contributed by atoms with Gasteiger partial charge in [-0.25, -0.2) is 0 Å². The zero-order valence-corrected chi connectivity index (χ0v) is 16.4. The van der Waals surface area contributed by atoms with Crippen LogP contribution in [0.15, 0.2) is 30.3 Å². The molecule has 0 radical (unpaired) electrons. The Hall–Kier alpha value is -2.34. The first-order valence-electron chi connectivity index (χ1n) is 9.67. The number of aromatic nitrogens is 2. The molecule has 2 aliphatic heterocycles. The van der Waals surface area contributed by atoms with Gasteiger partial charge >= 0.3 is 0 Å². The number of anilines is 1. The molecule has 0 bridgehead atoms. The number of hydrogen-bond acceptors (Lipinski definition) is 6. The summed E-state index contributed by atoms with van der Waals surface area (Å²) in [5.74, 6) is 3.32. The van der Waals surface area contributed by atoms with Crippen LogP contribution in [0.1, 0.15) is 32.0 Å². The summed E-state index contributed by atoms with van der Waals surface area (Å²) in [4.78, 5) is 2.29. The monoisotopic (exact) mass is 368 g/mol. The van der Waals surface area contributed by atoms with Crippen molar-refractivity contribution in [1.29, 1.82) is 0 Å². The molecule has 0 atom stereocenters. The molecule has 1 aromatic heterocycles. The molecule has 1 fully saturated rings. The molecule has 0 unspecified atom stereocenters. The lowest BCUT2D eigenvalue weighted by atomic mass is 9.92. The first-order chi connectivity index (χ1) is 13.0. The molecule has 6 heteroatoms. The van der Waals surface area contributed by atoms with E-state index in [-0.39, 0.29) is 5.41 Å². The lowest BCUT2D eigenvalue weighted by Gasteiger charge is -2.40. The maximum Gasteiger partial charge on any atom is 0.161 e. The van der Waals surface area contributed by atoms with Gasteiger partial charge in [0.2, 0.25) is 0 Å². The molecule has 1 aromatic carbocycles. The van der Waals surface area contributed by atoms with Crippen molar-refractivity contribution >= 4 is 5.82 Å².